The maximum absolute atomic E-state index is 12.7. The van der Waals surface area contributed by atoms with Gasteiger partial charge in [0.2, 0.25) is 10.0 Å². The molecule has 0 radical (unpaired) electrons. The van der Waals surface area contributed by atoms with E-state index in [9.17, 15) is 13.2 Å². The second kappa shape index (κ2) is 8.06. The third-order valence-electron chi connectivity index (χ3n) is 4.83. The monoisotopic (exact) mass is 414 g/mol. The number of piperidine rings is 1. The molecular formula is C19H22N6O3S. The van der Waals surface area contributed by atoms with Gasteiger partial charge < -0.3 is 11.5 Å². The van der Waals surface area contributed by atoms with Gasteiger partial charge in [-0.3, -0.25) is 4.79 Å². The van der Waals surface area contributed by atoms with Gasteiger partial charge in [0.25, 0.3) is 5.56 Å². The van der Waals surface area contributed by atoms with Gasteiger partial charge in [0.1, 0.15) is 17.5 Å². The molecule has 0 amide bonds. The summed E-state index contributed by atoms with van der Waals surface area (Å²) in [7, 11) is -3.52. The van der Waals surface area contributed by atoms with E-state index in [1.54, 1.807) is 25.1 Å². The first-order valence-electron chi connectivity index (χ1n) is 9.13. The Morgan fingerprint density at radius 2 is 1.76 bits per heavy atom. The van der Waals surface area contributed by atoms with E-state index in [2.05, 4.69) is 5.10 Å². The Kier molecular flexibility index (Phi) is 5.72. The van der Waals surface area contributed by atoms with Crippen LogP contribution in [0.4, 0.5) is 11.5 Å². The summed E-state index contributed by atoms with van der Waals surface area (Å²) in [4.78, 5) is 12.6. The molecule has 1 aliphatic heterocycles. The van der Waals surface area contributed by atoms with Gasteiger partial charge in [0.15, 0.2) is 0 Å². The van der Waals surface area contributed by atoms with Crippen molar-refractivity contribution in [3.8, 4) is 6.07 Å². The average Bonchev–Trinajstić information content (AvgIpc) is 2.72. The lowest BCUT2D eigenvalue weighted by Gasteiger charge is -2.25. The van der Waals surface area contributed by atoms with Crippen LogP contribution in [-0.2, 0) is 10.0 Å². The van der Waals surface area contributed by atoms with Gasteiger partial charge in [-0.15, -0.1) is 0 Å². The number of anilines is 2. The summed E-state index contributed by atoms with van der Waals surface area (Å²) in [6.45, 7) is 2.72. The van der Waals surface area contributed by atoms with E-state index >= 15 is 0 Å². The van der Waals surface area contributed by atoms with E-state index in [0.717, 1.165) is 23.9 Å². The zero-order chi connectivity index (χ0) is 21.2. The fourth-order valence-corrected chi connectivity index (χ4v) is 4.70. The Morgan fingerprint density at radius 1 is 1.14 bits per heavy atom. The lowest BCUT2D eigenvalue weighted by atomic mass is 10.1. The second-order valence-electron chi connectivity index (χ2n) is 6.80. The number of sulfonamides is 1. The Hall–Kier alpha value is -3.16. The number of nitriles is 1. The zero-order valence-electron chi connectivity index (χ0n) is 16.0. The van der Waals surface area contributed by atoms with Crippen LogP contribution in [0, 0.1) is 11.3 Å². The van der Waals surface area contributed by atoms with E-state index in [4.69, 9.17) is 16.7 Å². The van der Waals surface area contributed by atoms with Crippen LogP contribution in [0.1, 0.15) is 37.3 Å². The van der Waals surface area contributed by atoms with Crippen LogP contribution in [0.3, 0.4) is 0 Å². The highest BCUT2D eigenvalue weighted by Gasteiger charge is 2.25. The average molecular weight is 414 g/mol. The van der Waals surface area contributed by atoms with Crippen LogP contribution in [0.15, 0.2) is 45.1 Å². The molecule has 0 aliphatic carbocycles. The predicted octanol–water partition coefficient (Wildman–Crippen LogP) is 1.33. The van der Waals surface area contributed by atoms with Crippen LogP contribution in [0.5, 0.6) is 0 Å². The summed E-state index contributed by atoms with van der Waals surface area (Å²) in [5.74, 6) is -0.00449. The first kappa shape index (κ1) is 20.6. The van der Waals surface area contributed by atoms with Crippen LogP contribution in [0.25, 0.3) is 0 Å². The molecule has 1 aromatic carbocycles. The first-order chi connectivity index (χ1) is 13.8. The Labute approximate surface area is 168 Å². The van der Waals surface area contributed by atoms with Gasteiger partial charge in [-0.1, -0.05) is 18.6 Å². The van der Waals surface area contributed by atoms with Crippen molar-refractivity contribution in [2.24, 2.45) is 5.10 Å². The van der Waals surface area contributed by atoms with Crippen molar-refractivity contribution in [3.63, 3.8) is 0 Å². The minimum absolute atomic E-state index is 0.00449. The molecule has 2 heterocycles. The number of hydrogen-bond acceptors (Lipinski definition) is 7. The van der Waals surface area contributed by atoms with Gasteiger partial charge in [0, 0.05) is 19.2 Å². The smallest absolute Gasteiger partial charge is 0.292 e. The van der Waals surface area contributed by atoms with Gasteiger partial charge in [-0.25, -0.2) is 8.42 Å². The normalized spacial score (nSPS) is 15.8. The lowest BCUT2D eigenvalue weighted by Crippen LogP contribution is -2.35. The van der Waals surface area contributed by atoms with Crippen molar-refractivity contribution in [3.05, 3.63) is 51.8 Å². The molecule has 4 N–H and O–H groups in total. The van der Waals surface area contributed by atoms with E-state index in [-0.39, 0.29) is 22.0 Å². The lowest BCUT2D eigenvalue weighted by molar-refractivity contribution is 0.346. The summed E-state index contributed by atoms with van der Waals surface area (Å²) in [6, 6.07) is 9.33. The molecule has 0 bridgehead atoms. The van der Waals surface area contributed by atoms with Crippen molar-refractivity contribution in [2.75, 3.05) is 24.6 Å². The molecule has 10 heteroatoms. The molecule has 1 aliphatic rings. The van der Waals surface area contributed by atoms with Crippen LogP contribution >= 0.6 is 0 Å². The molecule has 1 fully saturated rings. The number of nitrogens with zero attached hydrogens (tertiary/aromatic N) is 4. The summed E-state index contributed by atoms with van der Waals surface area (Å²) < 4.78 is 27.9. The number of hydrogen-bond donors (Lipinski definition) is 2. The molecule has 0 spiro atoms. The van der Waals surface area contributed by atoms with Crippen LogP contribution < -0.4 is 17.0 Å². The number of pyridine rings is 1. The molecule has 1 aromatic heterocycles. The number of nitrogen functional groups attached to an aromatic ring is 2. The number of nitrogens with two attached hydrogens (primary N) is 2. The molecule has 152 valence electrons. The first-order valence-corrected chi connectivity index (χ1v) is 10.6. The zero-order valence-corrected chi connectivity index (χ0v) is 16.8. The molecule has 3 rings (SSSR count). The fraction of sp³-hybridized carbons (Fsp3) is 0.316. The third kappa shape index (κ3) is 4.01. The number of aromatic nitrogens is 1. The van der Waals surface area contributed by atoms with E-state index in [0.29, 0.717) is 24.4 Å². The molecule has 1 saturated heterocycles. The van der Waals surface area contributed by atoms with Crippen LogP contribution in [0.2, 0.25) is 0 Å². The Morgan fingerprint density at radius 3 is 2.34 bits per heavy atom. The third-order valence-corrected chi connectivity index (χ3v) is 6.74. The largest absolute Gasteiger partial charge is 0.397 e. The van der Waals surface area contributed by atoms with Crippen molar-refractivity contribution in [1.82, 2.24) is 8.98 Å². The summed E-state index contributed by atoms with van der Waals surface area (Å²) in [5, 5.41) is 13.3. The molecule has 2 aromatic rings. The van der Waals surface area contributed by atoms with Gasteiger partial charge in [0.05, 0.1) is 16.3 Å². The fourth-order valence-electron chi connectivity index (χ4n) is 3.18. The van der Waals surface area contributed by atoms with Crippen molar-refractivity contribution in [1.29, 1.82) is 5.26 Å². The highest BCUT2D eigenvalue weighted by molar-refractivity contribution is 7.89. The molecule has 0 saturated carbocycles. The minimum Gasteiger partial charge on any atom is -0.397 e. The van der Waals surface area contributed by atoms with Crippen molar-refractivity contribution in [2.45, 2.75) is 31.1 Å². The topological polar surface area (TPSA) is 148 Å². The van der Waals surface area contributed by atoms with Gasteiger partial charge >= 0.3 is 0 Å². The van der Waals surface area contributed by atoms with E-state index < -0.39 is 15.6 Å². The van der Waals surface area contributed by atoms with Crippen molar-refractivity contribution >= 4 is 27.2 Å². The second-order valence-corrected chi connectivity index (χ2v) is 8.74. The van der Waals surface area contributed by atoms with Crippen LogP contribution in [-0.4, -0.2) is 36.2 Å². The molecule has 9 nitrogen and oxygen atoms in total. The SMILES string of the molecule is C/C(=N\n1c(N)cc(N)c(C#N)c1=O)c1ccc(S(=O)(=O)N2CCCCC2)cc1. The number of rotatable bonds is 4. The quantitative estimate of drug-likeness (QED) is 0.721. The molecular weight excluding hydrogens is 392 g/mol. The minimum atomic E-state index is -3.52. The number of benzene rings is 1. The summed E-state index contributed by atoms with van der Waals surface area (Å²) in [5.41, 5.74) is 11.5. The standard InChI is InChI=1S/C19H22N6O3S/c1-13(23-25-18(22)11-17(21)16(12-20)19(25)26)14-5-7-15(8-6-14)29(27,28)24-9-3-2-4-10-24/h5-8,11H,2-4,9-10,21-22H2,1H3/b23-13+. The summed E-state index contributed by atoms with van der Waals surface area (Å²) >= 11 is 0. The molecule has 0 unspecified atom stereocenters. The van der Waals surface area contributed by atoms with E-state index in [1.165, 1.54) is 22.5 Å². The Bertz CT molecular complexity index is 1150. The van der Waals surface area contributed by atoms with Gasteiger partial charge in [-0.05, 0) is 37.5 Å². The molecule has 0 atom stereocenters. The van der Waals surface area contributed by atoms with Gasteiger partial charge in [-0.2, -0.15) is 19.3 Å². The highest BCUT2D eigenvalue weighted by atomic mass is 32.2. The summed E-state index contributed by atoms with van der Waals surface area (Å²) in [6.07, 6.45) is 2.78. The maximum atomic E-state index is 12.7. The predicted molar refractivity (Wildman–Crippen MR) is 111 cm³/mol. The molecule has 29 heavy (non-hydrogen) atoms. The van der Waals surface area contributed by atoms with E-state index in [1.807, 2.05) is 0 Å². The maximum Gasteiger partial charge on any atom is 0.292 e. The van der Waals surface area contributed by atoms with Crippen molar-refractivity contribution < 1.29 is 8.42 Å². The Balaban J connectivity index is 1.93. The highest BCUT2D eigenvalue weighted by Crippen LogP contribution is 2.21.